The Hall–Kier alpha value is -2.63. The van der Waals surface area contributed by atoms with Crippen molar-refractivity contribution in [2.75, 3.05) is 12.8 Å². The van der Waals surface area contributed by atoms with Crippen LogP contribution in [0, 0.1) is 0 Å². The SMILES string of the molecule is CN1C(=O)C(=O)n2c(cc3cc(N)ccc32)C1=O. The van der Waals surface area contributed by atoms with E-state index in [1.165, 1.54) is 7.05 Å². The average molecular weight is 243 g/mol. The van der Waals surface area contributed by atoms with E-state index in [-0.39, 0.29) is 5.69 Å². The summed E-state index contributed by atoms with van der Waals surface area (Å²) >= 11 is 0. The van der Waals surface area contributed by atoms with Gasteiger partial charge in [-0.3, -0.25) is 23.9 Å². The van der Waals surface area contributed by atoms with Crippen molar-refractivity contribution < 1.29 is 14.4 Å². The summed E-state index contributed by atoms with van der Waals surface area (Å²) in [5, 5.41) is 0.662. The van der Waals surface area contributed by atoms with E-state index >= 15 is 0 Å². The second kappa shape index (κ2) is 3.19. The van der Waals surface area contributed by atoms with E-state index in [1.807, 2.05) is 0 Å². The van der Waals surface area contributed by atoms with Crippen LogP contribution in [-0.4, -0.2) is 34.2 Å². The predicted octanol–water partition coefficient (Wildman–Crippen LogP) is 0.476. The molecule has 1 aliphatic rings. The number of fused-ring (bicyclic) bond motifs is 3. The van der Waals surface area contributed by atoms with E-state index in [4.69, 9.17) is 5.73 Å². The molecule has 2 amide bonds. The van der Waals surface area contributed by atoms with Crippen LogP contribution in [0.5, 0.6) is 0 Å². The molecule has 0 radical (unpaired) electrons. The van der Waals surface area contributed by atoms with Crippen LogP contribution in [0.4, 0.5) is 5.69 Å². The third kappa shape index (κ3) is 1.14. The minimum absolute atomic E-state index is 0.183. The third-order valence-electron chi connectivity index (χ3n) is 3.04. The number of rotatable bonds is 0. The Morgan fingerprint density at radius 3 is 2.44 bits per heavy atom. The molecule has 0 unspecified atom stereocenters. The van der Waals surface area contributed by atoms with Crippen molar-refractivity contribution in [3.05, 3.63) is 30.0 Å². The number of aromatic nitrogens is 1. The summed E-state index contributed by atoms with van der Waals surface area (Å²) in [5.41, 5.74) is 6.88. The van der Waals surface area contributed by atoms with Gasteiger partial charge in [0.05, 0.1) is 5.52 Å². The minimum Gasteiger partial charge on any atom is -0.399 e. The molecule has 0 fully saturated rings. The Bertz CT molecular complexity index is 729. The molecular weight excluding hydrogens is 234 g/mol. The molecule has 6 heteroatoms. The summed E-state index contributed by atoms with van der Waals surface area (Å²) < 4.78 is 1.14. The van der Waals surface area contributed by atoms with Crippen LogP contribution in [0.15, 0.2) is 24.3 Å². The quantitative estimate of drug-likeness (QED) is 0.414. The second-order valence-corrected chi connectivity index (χ2v) is 4.16. The predicted molar refractivity (Wildman–Crippen MR) is 64.1 cm³/mol. The number of anilines is 1. The molecule has 1 aromatic carbocycles. The smallest absolute Gasteiger partial charge is 0.321 e. The zero-order valence-corrected chi connectivity index (χ0v) is 9.51. The maximum atomic E-state index is 11.9. The van der Waals surface area contributed by atoms with Gasteiger partial charge < -0.3 is 5.73 Å². The van der Waals surface area contributed by atoms with Gasteiger partial charge in [-0.2, -0.15) is 0 Å². The highest BCUT2D eigenvalue weighted by Gasteiger charge is 2.36. The minimum atomic E-state index is -0.832. The number of benzene rings is 1. The number of carbonyl (C=O) groups is 3. The molecule has 2 aromatic rings. The van der Waals surface area contributed by atoms with E-state index < -0.39 is 17.7 Å². The highest BCUT2D eigenvalue weighted by molar-refractivity contribution is 6.43. The first-order valence-electron chi connectivity index (χ1n) is 5.28. The molecule has 0 saturated heterocycles. The Morgan fingerprint density at radius 1 is 1.00 bits per heavy atom. The van der Waals surface area contributed by atoms with Crippen molar-refractivity contribution in [3.63, 3.8) is 0 Å². The molecule has 2 N–H and O–H groups in total. The van der Waals surface area contributed by atoms with E-state index in [9.17, 15) is 14.4 Å². The first-order valence-corrected chi connectivity index (χ1v) is 5.28. The van der Waals surface area contributed by atoms with Crippen molar-refractivity contribution in [2.45, 2.75) is 0 Å². The molecule has 3 rings (SSSR count). The van der Waals surface area contributed by atoms with Crippen molar-refractivity contribution in [1.82, 2.24) is 9.47 Å². The lowest BCUT2D eigenvalue weighted by Gasteiger charge is -2.21. The average Bonchev–Trinajstić information content (AvgIpc) is 2.72. The summed E-state index contributed by atoms with van der Waals surface area (Å²) in [6.07, 6.45) is 0. The lowest BCUT2D eigenvalue weighted by atomic mass is 10.2. The first kappa shape index (κ1) is 10.5. The van der Waals surface area contributed by atoms with Crippen LogP contribution in [0.25, 0.3) is 10.9 Å². The zero-order chi connectivity index (χ0) is 13.0. The van der Waals surface area contributed by atoms with Crippen molar-refractivity contribution in [2.24, 2.45) is 0 Å². The molecule has 0 saturated carbocycles. The van der Waals surface area contributed by atoms with E-state index in [0.717, 1.165) is 9.47 Å². The van der Waals surface area contributed by atoms with Gasteiger partial charge >= 0.3 is 11.8 Å². The van der Waals surface area contributed by atoms with Crippen LogP contribution in [0.3, 0.4) is 0 Å². The largest absolute Gasteiger partial charge is 0.399 e. The van der Waals surface area contributed by atoms with Gasteiger partial charge in [-0.25, -0.2) is 0 Å². The number of hydrogen-bond acceptors (Lipinski definition) is 4. The molecule has 90 valence electrons. The van der Waals surface area contributed by atoms with Crippen LogP contribution < -0.4 is 5.73 Å². The maximum Gasteiger partial charge on any atom is 0.321 e. The van der Waals surface area contributed by atoms with Gasteiger partial charge in [0, 0.05) is 18.1 Å². The van der Waals surface area contributed by atoms with Gasteiger partial charge in [0.15, 0.2) is 0 Å². The second-order valence-electron chi connectivity index (χ2n) is 4.16. The topological polar surface area (TPSA) is 85.4 Å². The highest BCUT2D eigenvalue weighted by atomic mass is 16.2. The number of nitrogens with two attached hydrogens (primary N) is 1. The van der Waals surface area contributed by atoms with E-state index in [2.05, 4.69) is 0 Å². The third-order valence-corrected chi connectivity index (χ3v) is 3.04. The molecular formula is C12H9N3O3. The fourth-order valence-electron chi connectivity index (χ4n) is 2.11. The van der Waals surface area contributed by atoms with Crippen LogP contribution in [0.1, 0.15) is 15.3 Å². The van der Waals surface area contributed by atoms with Crippen LogP contribution >= 0.6 is 0 Å². The summed E-state index contributed by atoms with van der Waals surface area (Å²) in [4.78, 5) is 36.3. The Labute approximate surface area is 102 Å². The molecule has 1 aliphatic heterocycles. The molecule has 1 aromatic heterocycles. The monoisotopic (exact) mass is 243 g/mol. The van der Waals surface area contributed by atoms with Gasteiger partial charge in [0.1, 0.15) is 5.69 Å². The number of likely N-dealkylation sites (N-methyl/N-ethyl adjacent to an activating group) is 1. The normalized spacial score (nSPS) is 15.4. The van der Waals surface area contributed by atoms with Gasteiger partial charge in [0.2, 0.25) is 0 Å². The van der Waals surface area contributed by atoms with Crippen molar-refractivity contribution in [1.29, 1.82) is 0 Å². The summed E-state index contributed by atoms with van der Waals surface area (Å²) in [7, 11) is 1.29. The maximum absolute atomic E-state index is 11.9. The lowest BCUT2D eigenvalue weighted by Crippen LogP contribution is -2.46. The molecule has 2 heterocycles. The Balaban J connectivity index is 2.40. The summed E-state index contributed by atoms with van der Waals surface area (Å²) in [6, 6.07) is 6.47. The lowest BCUT2D eigenvalue weighted by molar-refractivity contribution is -0.124. The van der Waals surface area contributed by atoms with Gasteiger partial charge in [-0.1, -0.05) is 0 Å². The molecule has 0 aliphatic carbocycles. The van der Waals surface area contributed by atoms with Crippen LogP contribution in [-0.2, 0) is 4.79 Å². The summed E-state index contributed by atoms with van der Waals surface area (Å²) in [6.45, 7) is 0. The molecule has 6 nitrogen and oxygen atoms in total. The number of nitrogens with zero attached hydrogens (tertiary/aromatic N) is 2. The number of hydrogen-bond donors (Lipinski definition) is 1. The van der Waals surface area contributed by atoms with Gasteiger partial charge in [0.25, 0.3) is 5.91 Å². The van der Waals surface area contributed by atoms with E-state index in [1.54, 1.807) is 24.3 Å². The van der Waals surface area contributed by atoms with Crippen molar-refractivity contribution in [3.8, 4) is 0 Å². The molecule has 0 atom stereocenters. The Morgan fingerprint density at radius 2 is 1.72 bits per heavy atom. The fourth-order valence-corrected chi connectivity index (χ4v) is 2.11. The zero-order valence-electron chi connectivity index (χ0n) is 9.51. The van der Waals surface area contributed by atoms with Crippen molar-refractivity contribution >= 4 is 34.3 Å². The number of amides is 2. The molecule has 0 bridgehead atoms. The van der Waals surface area contributed by atoms with E-state index in [0.29, 0.717) is 16.6 Å². The fraction of sp³-hybridized carbons (Fsp3) is 0.0833. The molecule has 0 spiro atoms. The number of imide groups is 1. The van der Waals surface area contributed by atoms with Gasteiger partial charge in [-0.15, -0.1) is 0 Å². The molecule has 18 heavy (non-hydrogen) atoms. The number of carbonyl (C=O) groups excluding carboxylic acids is 3. The van der Waals surface area contributed by atoms with Gasteiger partial charge in [-0.05, 0) is 24.3 Å². The Kier molecular flexibility index (Phi) is 1.87. The number of nitrogen functional groups attached to an aromatic ring is 1. The first-order chi connectivity index (χ1) is 8.50. The summed E-state index contributed by atoms with van der Waals surface area (Å²) in [5.74, 6) is -2.05. The standard InChI is InChI=1S/C12H9N3O3/c1-14-10(16)9-5-6-4-7(13)2-3-8(6)15(9)12(18)11(14)17/h2-5H,13H2,1H3. The highest BCUT2D eigenvalue weighted by Crippen LogP contribution is 2.25. The van der Waals surface area contributed by atoms with Crippen LogP contribution in [0.2, 0.25) is 0 Å².